The van der Waals surface area contributed by atoms with Crippen molar-refractivity contribution in [3.05, 3.63) is 12.2 Å². The molecule has 0 aliphatic carbocycles. The molecule has 3 heteroatoms. The molecule has 126 valence electrons. The maximum absolute atomic E-state index is 10.2. The molecule has 0 heterocycles. The van der Waals surface area contributed by atoms with E-state index in [1.165, 1.54) is 83.1 Å². The molecule has 0 aliphatic rings. The number of aliphatic carboxylic acids is 1. The standard InChI is InChI=1S/C18H34O2.ClH/c1-2-3-4-5-6-7-8-9-10-11-12-13-14-15-16-17-18(19)20;/h16-17H,2-15H2,1H3,(H,19,20);1H. The molecule has 2 nitrogen and oxygen atoms in total. The van der Waals surface area contributed by atoms with Crippen LogP contribution in [-0.4, -0.2) is 11.1 Å². The van der Waals surface area contributed by atoms with Crippen LogP contribution in [0.3, 0.4) is 0 Å². The van der Waals surface area contributed by atoms with Crippen LogP contribution in [0.4, 0.5) is 0 Å². The van der Waals surface area contributed by atoms with Crippen LogP contribution in [0.2, 0.25) is 0 Å². The molecule has 0 saturated heterocycles. The number of allylic oxidation sites excluding steroid dienone is 1. The van der Waals surface area contributed by atoms with Crippen molar-refractivity contribution in [2.45, 2.75) is 96.8 Å². The molecule has 0 bridgehead atoms. The van der Waals surface area contributed by atoms with Gasteiger partial charge in [0.15, 0.2) is 0 Å². The number of unbranched alkanes of at least 4 members (excludes halogenated alkanes) is 13. The van der Waals surface area contributed by atoms with Gasteiger partial charge in [-0.25, -0.2) is 4.79 Å². The minimum Gasteiger partial charge on any atom is -0.478 e. The molecular formula is C18H35ClO2. The zero-order valence-corrected chi connectivity index (χ0v) is 14.6. The van der Waals surface area contributed by atoms with Crippen LogP contribution >= 0.6 is 12.4 Å². The molecule has 0 aromatic heterocycles. The Morgan fingerprint density at radius 1 is 0.762 bits per heavy atom. The van der Waals surface area contributed by atoms with E-state index in [9.17, 15) is 4.79 Å². The number of carboxylic acids is 1. The first-order valence-corrected chi connectivity index (χ1v) is 8.67. The summed E-state index contributed by atoms with van der Waals surface area (Å²) in [5, 5.41) is 8.43. The van der Waals surface area contributed by atoms with Crippen molar-refractivity contribution in [3.63, 3.8) is 0 Å². The average Bonchev–Trinajstić information content (AvgIpc) is 2.43. The molecule has 0 spiro atoms. The zero-order valence-electron chi connectivity index (χ0n) is 13.8. The lowest BCUT2D eigenvalue weighted by Crippen LogP contribution is -1.86. The Hall–Kier alpha value is -0.500. The minimum atomic E-state index is -0.834. The summed E-state index contributed by atoms with van der Waals surface area (Å²) in [7, 11) is 0. The van der Waals surface area contributed by atoms with Gasteiger partial charge in [0.2, 0.25) is 0 Å². The van der Waals surface area contributed by atoms with Crippen LogP contribution in [0.25, 0.3) is 0 Å². The highest BCUT2D eigenvalue weighted by Gasteiger charge is 1.93. The fourth-order valence-electron chi connectivity index (χ4n) is 2.46. The van der Waals surface area contributed by atoms with Gasteiger partial charge in [-0.15, -0.1) is 12.4 Å². The van der Waals surface area contributed by atoms with Crippen molar-refractivity contribution in [2.75, 3.05) is 0 Å². The predicted octanol–water partition coefficient (Wildman–Crippen LogP) is 6.53. The van der Waals surface area contributed by atoms with Gasteiger partial charge in [0.25, 0.3) is 0 Å². The van der Waals surface area contributed by atoms with Crippen LogP contribution in [0.15, 0.2) is 12.2 Å². The summed E-state index contributed by atoms with van der Waals surface area (Å²) >= 11 is 0. The summed E-state index contributed by atoms with van der Waals surface area (Å²) < 4.78 is 0. The normalized spacial score (nSPS) is 10.7. The number of rotatable bonds is 15. The fourth-order valence-corrected chi connectivity index (χ4v) is 2.46. The van der Waals surface area contributed by atoms with Gasteiger partial charge in [-0.2, -0.15) is 0 Å². The van der Waals surface area contributed by atoms with Crippen molar-refractivity contribution in [1.82, 2.24) is 0 Å². The van der Waals surface area contributed by atoms with E-state index in [1.807, 2.05) is 0 Å². The summed E-state index contributed by atoms with van der Waals surface area (Å²) in [5.74, 6) is -0.834. The van der Waals surface area contributed by atoms with Gasteiger partial charge in [0.1, 0.15) is 0 Å². The summed E-state index contributed by atoms with van der Waals surface area (Å²) in [4.78, 5) is 10.2. The van der Waals surface area contributed by atoms with E-state index >= 15 is 0 Å². The zero-order chi connectivity index (χ0) is 14.9. The van der Waals surface area contributed by atoms with Crippen LogP contribution in [-0.2, 0) is 4.79 Å². The Labute approximate surface area is 137 Å². The van der Waals surface area contributed by atoms with Gasteiger partial charge in [0, 0.05) is 6.08 Å². The van der Waals surface area contributed by atoms with Crippen molar-refractivity contribution in [3.8, 4) is 0 Å². The Kier molecular flexibility index (Phi) is 21.1. The monoisotopic (exact) mass is 318 g/mol. The molecule has 21 heavy (non-hydrogen) atoms. The number of halogens is 1. The lowest BCUT2D eigenvalue weighted by atomic mass is 10.0. The first kappa shape index (κ1) is 22.8. The van der Waals surface area contributed by atoms with E-state index in [1.54, 1.807) is 6.08 Å². The number of hydrogen-bond donors (Lipinski definition) is 1. The van der Waals surface area contributed by atoms with Crippen molar-refractivity contribution in [1.29, 1.82) is 0 Å². The SMILES string of the molecule is CCCCCCCCCCCCCCCC=CC(=O)O.Cl. The molecule has 0 aromatic rings. The Balaban J connectivity index is 0. The second-order valence-electron chi connectivity index (χ2n) is 5.77. The first-order chi connectivity index (χ1) is 9.77. The van der Waals surface area contributed by atoms with Crippen LogP contribution in [0.1, 0.15) is 96.8 Å². The van der Waals surface area contributed by atoms with Gasteiger partial charge in [-0.3, -0.25) is 0 Å². The van der Waals surface area contributed by atoms with Crippen molar-refractivity contribution in [2.24, 2.45) is 0 Å². The fraction of sp³-hybridized carbons (Fsp3) is 0.833. The second kappa shape index (κ2) is 19.5. The van der Waals surface area contributed by atoms with E-state index in [2.05, 4.69) is 6.92 Å². The van der Waals surface area contributed by atoms with E-state index in [4.69, 9.17) is 5.11 Å². The van der Waals surface area contributed by atoms with E-state index in [0.717, 1.165) is 12.8 Å². The lowest BCUT2D eigenvalue weighted by Gasteiger charge is -2.02. The molecule has 0 radical (unpaired) electrons. The Morgan fingerprint density at radius 2 is 1.14 bits per heavy atom. The first-order valence-electron chi connectivity index (χ1n) is 8.67. The molecular weight excluding hydrogens is 284 g/mol. The molecule has 0 rings (SSSR count). The maximum atomic E-state index is 10.2. The number of carbonyl (C=O) groups is 1. The third kappa shape index (κ3) is 21.9. The van der Waals surface area contributed by atoms with Crippen LogP contribution in [0.5, 0.6) is 0 Å². The molecule has 0 saturated carbocycles. The molecule has 0 amide bonds. The van der Waals surface area contributed by atoms with Crippen molar-refractivity contribution >= 4 is 18.4 Å². The summed E-state index contributed by atoms with van der Waals surface area (Å²) in [5.41, 5.74) is 0. The minimum absolute atomic E-state index is 0. The third-order valence-electron chi connectivity index (χ3n) is 3.73. The highest BCUT2D eigenvalue weighted by Crippen LogP contribution is 2.12. The largest absolute Gasteiger partial charge is 0.478 e. The van der Waals surface area contributed by atoms with Crippen molar-refractivity contribution < 1.29 is 9.90 Å². The molecule has 0 fully saturated rings. The Morgan fingerprint density at radius 3 is 1.52 bits per heavy atom. The van der Waals surface area contributed by atoms with Crippen LogP contribution < -0.4 is 0 Å². The maximum Gasteiger partial charge on any atom is 0.327 e. The van der Waals surface area contributed by atoms with E-state index in [0.29, 0.717) is 0 Å². The van der Waals surface area contributed by atoms with Gasteiger partial charge in [0.05, 0.1) is 0 Å². The number of hydrogen-bond acceptors (Lipinski definition) is 1. The second-order valence-corrected chi connectivity index (χ2v) is 5.77. The molecule has 0 atom stereocenters. The smallest absolute Gasteiger partial charge is 0.327 e. The molecule has 0 unspecified atom stereocenters. The third-order valence-corrected chi connectivity index (χ3v) is 3.73. The molecule has 0 aromatic carbocycles. The Bertz CT molecular complexity index is 239. The van der Waals surface area contributed by atoms with Gasteiger partial charge in [-0.05, 0) is 12.8 Å². The average molecular weight is 319 g/mol. The quantitative estimate of drug-likeness (QED) is 0.275. The van der Waals surface area contributed by atoms with Gasteiger partial charge in [-0.1, -0.05) is 90.0 Å². The molecule has 0 aliphatic heterocycles. The highest BCUT2D eigenvalue weighted by molar-refractivity contribution is 5.85. The summed E-state index contributed by atoms with van der Waals surface area (Å²) in [6, 6.07) is 0. The topological polar surface area (TPSA) is 37.3 Å². The van der Waals surface area contributed by atoms with E-state index < -0.39 is 5.97 Å². The van der Waals surface area contributed by atoms with Gasteiger partial charge < -0.3 is 5.11 Å². The van der Waals surface area contributed by atoms with Crippen LogP contribution in [0, 0.1) is 0 Å². The summed E-state index contributed by atoms with van der Waals surface area (Å²) in [6.07, 6.45) is 21.6. The summed E-state index contributed by atoms with van der Waals surface area (Å²) in [6.45, 7) is 2.27. The predicted molar refractivity (Wildman–Crippen MR) is 94.3 cm³/mol. The highest BCUT2D eigenvalue weighted by atomic mass is 35.5. The number of carboxylic acid groups (broad SMARTS) is 1. The van der Waals surface area contributed by atoms with E-state index in [-0.39, 0.29) is 12.4 Å². The van der Waals surface area contributed by atoms with Gasteiger partial charge >= 0.3 is 5.97 Å². The lowest BCUT2D eigenvalue weighted by molar-refractivity contribution is -0.131. The molecule has 1 N–H and O–H groups in total.